The lowest BCUT2D eigenvalue weighted by atomic mass is 10.1. The van der Waals surface area contributed by atoms with Gasteiger partial charge in [0, 0.05) is 18.7 Å². The van der Waals surface area contributed by atoms with Crippen molar-refractivity contribution in [1.82, 2.24) is 0 Å². The summed E-state index contributed by atoms with van der Waals surface area (Å²) in [6, 6.07) is 7.46. The Balaban J connectivity index is 2.88. The van der Waals surface area contributed by atoms with Crippen molar-refractivity contribution >= 4 is 17.6 Å². The fourth-order valence-corrected chi connectivity index (χ4v) is 1.84. The summed E-state index contributed by atoms with van der Waals surface area (Å²) in [5, 5.41) is 8.78. The summed E-state index contributed by atoms with van der Waals surface area (Å²) in [5.74, 6) is -0.994. The third kappa shape index (κ3) is 4.71. The lowest BCUT2D eigenvalue weighted by Crippen LogP contribution is -2.33. The molecule has 3 N–H and O–H groups in total. The number of carboxylic acid groups (broad SMARTS) is 1. The summed E-state index contributed by atoms with van der Waals surface area (Å²) in [7, 11) is 0. The topological polar surface area (TPSA) is 83.6 Å². The van der Waals surface area contributed by atoms with E-state index in [9.17, 15) is 9.59 Å². The highest BCUT2D eigenvalue weighted by Gasteiger charge is 2.17. The molecule has 5 nitrogen and oxygen atoms in total. The van der Waals surface area contributed by atoms with Crippen molar-refractivity contribution in [2.45, 2.75) is 26.2 Å². The first-order valence-corrected chi connectivity index (χ1v) is 6.34. The highest BCUT2D eigenvalue weighted by atomic mass is 16.4. The number of aliphatic carboxylic acids is 1. The molecule has 1 amide bonds. The molecule has 5 heteroatoms. The Kier molecular flexibility index (Phi) is 6.02. The fourth-order valence-electron chi connectivity index (χ4n) is 1.84. The molecular weight excluding hydrogens is 244 g/mol. The zero-order valence-corrected chi connectivity index (χ0v) is 11.1. The normalized spacial score (nSPS) is 10.2. The molecular formula is C14H20N2O3. The number of hydrogen-bond donors (Lipinski definition) is 2. The van der Waals surface area contributed by atoms with Crippen LogP contribution in [0.15, 0.2) is 24.3 Å². The van der Waals surface area contributed by atoms with Crippen LogP contribution in [0.1, 0.15) is 24.8 Å². The van der Waals surface area contributed by atoms with Gasteiger partial charge in [-0.15, -0.1) is 0 Å². The fraction of sp³-hybridized carbons (Fsp3) is 0.429. The highest BCUT2D eigenvalue weighted by molar-refractivity contribution is 5.94. The SMILES string of the molecule is Cc1ccccc1N(CCC(=O)O)C(=O)CCCN. The number of rotatable bonds is 7. The summed E-state index contributed by atoms with van der Waals surface area (Å²) < 4.78 is 0. The van der Waals surface area contributed by atoms with Crippen molar-refractivity contribution in [2.75, 3.05) is 18.0 Å². The van der Waals surface area contributed by atoms with Crippen LogP contribution in [-0.2, 0) is 9.59 Å². The van der Waals surface area contributed by atoms with Crippen LogP contribution in [0.25, 0.3) is 0 Å². The average Bonchev–Trinajstić information content (AvgIpc) is 2.38. The predicted molar refractivity (Wildman–Crippen MR) is 74.1 cm³/mol. The second kappa shape index (κ2) is 7.53. The zero-order chi connectivity index (χ0) is 14.3. The molecule has 0 saturated heterocycles. The first-order chi connectivity index (χ1) is 9.06. The standard InChI is InChI=1S/C14H20N2O3/c1-11-5-2-3-6-12(11)16(10-8-14(18)19)13(17)7-4-9-15/h2-3,5-6H,4,7-10,15H2,1H3,(H,18,19). The zero-order valence-electron chi connectivity index (χ0n) is 11.1. The second-order valence-corrected chi connectivity index (χ2v) is 4.37. The van der Waals surface area contributed by atoms with Crippen molar-refractivity contribution in [2.24, 2.45) is 5.73 Å². The number of amides is 1. The van der Waals surface area contributed by atoms with Gasteiger partial charge < -0.3 is 15.7 Å². The maximum atomic E-state index is 12.1. The van der Waals surface area contributed by atoms with Gasteiger partial charge in [0.2, 0.25) is 5.91 Å². The summed E-state index contributed by atoms with van der Waals surface area (Å²) in [4.78, 5) is 24.4. The largest absolute Gasteiger partial charge is 0.481 e. The van der Waals surface area contributed by atoms with Gasteiger partial charge in [-0.3, -0.25) is 9.59 Å². The van der Waals surface area contributed by atoms with Crippen LogP contribution in [0.2, 0.25) is 0 Å². The molecule has 1 rings (SSSR count). The van der Waals surface area contributed by atoms with E-state index in [1.54, 1.807) is 4.90 Å². The molecule has 0 fully saturated rings. The first kappa shape index (κ1) is 15.2. The van der Waals surface area contributed by atoms with Crippen LogP contribution < -0.4 is 10.6 Å². The third-order valence-electron chi connectivity index (χ3n) is 2.85. The Bertz CT molecular complexity index is 446. The molecule has 0 aliphatic rings. The number of benzene rings is 1. The number of nitrogens with zero attached hydrogens (tertiary/aromatic N) is 1. The molecule has 0 spiro atoms. The lowest BCUT2D eigenvalue weighted by molar-refractivity contribution is -0.136. The van der Waals surface area contributed by atoms with Crippen LogP contribution in [-0.4, -0.2) is 30.1 Å². The summed E-state index contributed by atoms with van der Waals surface area (Å²) in [5.41, 5.74) is 7.12. The van der Waals surface area contributed by atoms with E-state index in [-0.39, 0.29) is 18.9 Å². The number of nitrogens with two attached hydrogens (primary N) is 1. The van der Waals surface area contributed by atoms with Gasteiger partial charge in [0.05, 0.1) is 6.42 Å². The number of carbonyl (C=O) groups excluding carboxylic acids is 1. The van der Waals surface area contributed by atoms with Gasteiger partial charge in [-0.05, 0) is 31.5 Å². The van der Waals surface area contributed by atoms with E-state index in [0.717, 1.165) is 11.3 Å². The summed E-state index contributed by atoms with van der Waals surface area (Å²) in [6.45, 7) is 2.54. The van der Waals surface area contributed by atoms with Crippen molar-refractivity contribution in [3.63, 3.8) is 0 Å². The van der Waals surface area contributed by atoms with Gasteiger partial charge in [0.25, 0.3) is 0 Å². The Morgan fingerprint density at radius 2 is 1.95 bits per heavy atom. The van der Waals surface area contributed by atoms with Crippen molar-refractivity contribution in [3.05, 3.63) is 29.8 Å². The molecule has 0 saturated carbocycles. The van der Waals surface area contributed by atoms with E-state index in [1.807, 2.05) is 31.2 Å². The Labute approximate surface area is 113 Å². The molecule has 0 heterocycles. The first-order valence-electron chi connectivity index (χ1n) is 6.34. The van der Waals surface area contributed by atoms with Crippen LogP contribution in [0.3, 0.4) is 0 Å². The van der Waals surface area contributed by atoms with Gasteiger partial charge in [0.1, 0.15) is 0 Å². The number of hydrogen-bond acceptors (Lipinski definition) is 3. The van der Waals surface area contributed by atoms with E-state index in [1.165, 1.54) is 0 Å². The molecule has 0 bridgehead atoms. The number of anilines is 1. The molecule has 0 unspecified atom stereocenters. The number of para-hydroxylation sites is 1. The lowest BCUT2D eigenvalue weighted by Gasteiger charge is -2.24. The molecule has 104 valence electrons. The monoisotopic (exact) mass is 264 g/mol. The number of carbonyl (C=O) groups is 2. The van der Waals surface area contributed by atoms with Gasteiger partial charge in [-0.2, -0.15) is 0 Å². The maximum Gasteiger partial charge on any atom is 0.305 e. The Morgan fingerprint density at radius 1 is 1.26 bits per heavy atom. The third-order valence-corrected chi connectivity index (χ3v) is 2.85. The molecule has 1 aromatic rings. The minimum atomic E-state index is -0.912. The second-order valence-electron chi connectivity index (χ2n) is 4.37. The van der Waals surface area contributed by atoms with Gasteiger partial charge in [-0.25, -0.2) is 0 Å². The molecule has 0 aliphatic heterocycles. The predicted octanol–water partition coefficient (Wildman–Crippen LogP) is 1.54. The van der Waals surface area contributed by atoms with Crippen LogP contribution in [0.4, 0.5) is 5.69 Å². The Hall–Kier alpha value is -1.88. The quantitative estimate of drug-likeness (QED) is 0.782. The van der Waals surface area contributed by atoms with E-state index >= 15 is 0 Å². The van der Waals surface area contributed by atoms with E-state index in [0.29, 0.717) is 19.4 Å². The summed E-state index contributed by atoms with van der Waals surface area (Å²) in [6.07, 6.45) is 0.876. The molecule has 0 radical (unpaired) electrons. The molecule has 0 aromatic heterocycles. The van der Waals surface area contributed by atoms with Crippen LogP contribution in [0, 0.1) is 6.92 Å². The van der Waals surface area contributed by atoms with Crippen molar-refractivity contribution < 1.29 is 14.7 Å². The average molecular weight is 264 g/mol. The number of aryl methyl sites for hydroxylation is 1. The maximum absolute atomic E-state index is 12.1. The van der Waals surface area contributed by atoms with Crippen LogP contribution in [0.5, 0.6) is 0 Å². The highest BCUT2D eigenvalue weighted by Crippen LogP contribution is 2.20. The van der Waals surface area contributed by atoms with E-state index in [4.69, 9.17) is 10.8 Å². The smallest absolute Gasteiger partial charge is 0.305 e. The van der Waals surface area contributed by atoms with Crippen molar-refractivity contribution in [1.29, 1.82) is 0 Å². The minimum Gasteiger partial charge on any atom is -0.481 e. The van der Waals surface area contributed by atoms with Crippen molar-refractivity contribution in [3.8, 4) is 0 Å². The Morgan fingerprint density at radius 3 is 2.53 bits per heavy atom. The van der Waals surface area contributed by atoms with Gasteiger partial charge >= 0.3 is 5.97 Å². The minimum absolute atomic E-state index is 0.0668. The van der Waals surface area contributed by atoms with Gasteiger partial charge in [0.15, 0.2) is 0 Å². The van der Waals surface area contributed by atoms with E-state index in [2.05, 4.69) is 0 Å². The molecule has 0 atom stereocenters. The van der Waals surface area contributed by atoms with Gasteiger partial charge in [-0.1, -0.05) is 18.2 Å². The van der Waals surface area contributed by atoms with Crippen LogP contribution >= 0.6 is 0 Å². The summed E-state index contributed by atoms with van der Waals surface area (Å²) >= 11 is 0. The van der Waals surface area contributed by atoms with E-state index < -0.39 is 5.97 Å². The molecule has 0 aliphatic carbocycles. The molecule has 1 aromatic carbocycles. The number of carboxylic acids is 1. The molecule has 19 heavy (non-hydrogen) atoms.